The first-order valence-electron chi connectivity index (χ1n) is 4.72. The van der Waals surface area contributed by atoms with E-state index >= 15 is 0 Å². The quantitative estimate of drug-likeness (QED) is 0.795. The summed E-state index contributed by atoms with van der Waals surface area (Å²) in [6.45, 7) is 3.70. The summed E-state index contributed by atoms with van der Waals surface area (Å²) in [6.07, 6.45) is 0.653. The van der Waals surface area contributed by atoms with Gasteiger partial charge in [0, 0.05) is 6.04 Å². The predicted molar refractivity (Wildman–Crippen MR) is 53.0 cm³/mol. The van der Waals surface area contributed by atoms with Gasteiger partial charge in [0.1, 0.15) is 0 Å². The van der Waals surface area contributed by atoms with Crippen LogP contribution in [0.5, 0.6) is 0 Å². The molecule has 0 heterocycles. The largest absolute Gasteiger partial charge is 0.328 e. The van der Waals surface area contributed by atoms with E-state index in [1.807, 2.05) is 13.8 Å². The molecular formula is C11H15F2N. The van der Waals surface area contributed by atoms with Gasteiger partial charge in [-0.15, -0.1) is 0 Å². The van der Waals surface area contributed by atoms with Crippen molar-refractivity contribution in [1.29, 1.82) is 0 Å². The summed E-state index contributed by atoms with van der Waals surface area (Å²) in [5.74, 6) is -1.59. The Morgan fingerprint density at radius 1 is 1.29 bits per heavy atom. The molecule has 0 radical (unpaired) electrons. The summed E-state index contributed by atoms with van der Waals surface area (Å²) in [4.78, 5) is 0. The molecule has 0 aliphatic rings. The first kappa shape index (κ1) is 11.1. The first-order valence-corrected chi connectivity index (χ1v) is 4.72. The SMILES string of the molecule is CC(N)CC(C)c1cccc(F)c1F. The van der Waals surface area contributed by atoms with E-state index < -0.39 is 11.6 Å². The Bertz CT molecular complexity index is 310. The maximum absolute atomic E-state index is 13.3. The fourth-order valence-electron chi connectivity index (χ4n) is 1.59. The predicted octanol–water partition coefficient (Wildman–Crippen LogP) is 2.81. The molecule has 1 rings (SSSR count). The fourth-order valence-corrected chi connectivity index (χ4v) is 1.59. The van der Waals surface area contributed by atoms with E-state index in [1.54, 1.807) is 6.07 Å². The van der Waals surface area contributed by atoms with Crippen molar-refractivity contribution in [3.63, 3.8) is 0 Å². The van der Waals surface area contributed by atoms with Crippen molar-refractivity contribution in [2.24, 2.45) is 5.73 Å². The number of nitrogens with two attached hydrogens (primary N) is 1. The van der Waals surface area contributed by atoms with E-state index in [2.05, 4.69) is 0 Å². The molecule has 14 heavy (non-hydrogen) atoms. The molecule has 0 amide bonds. The summed E-state index contributed by atoms with van der Waals surface area (Å²) in [5, 5.41) is 0. The molecule has 0 fully saturated rings. The van der Waals surface area contributed by atoms with Gasteiger partial charge < -0.3 is 5.73 Å². The molecule has 0 aliphatic carbocycles. The third kappa shape index (κ3) is 2.51. The minimum absolute atomic E-state index is 0.00679. The van der Waals surface area contributed by atoms with Crippen LogP contribution in [0.15, 0.2) is 18.2 Å². The molecule has 78 valence electrons. The van der Waals surface area contributed by atoms with Crippen molar-refractivity contribution in [3.05, 3.63) is 35.4 Å². The molecule has 0 saturated carbocycles. The van der Waals surface area contributed by atoms with Crippen molar-refractivity contribution in [2.75, 3.05) is 0 Å². The number of rotatable bonds is 3. The van der Waals surface area contributed by atoms with Crippen LogP contribution >= 0.6 is 0 Å². The van der Waals surface area contributed by atoms with Gasteiger partial charge in [0.05, 0.1) is 0 Å². The molecule has 1 nitrogen and oxygen atoms in total. The average Bonchev–Trinajstić information content (AvgIpc) is 2.08. The standard InChI is InChI=1S/C11H15F2N/c1-7(6-8(2)14)9-4-3-5-10(12)11(9)13/h3-5,7-8H,6,14H2,1-2H3. The van der Waals surface area contributed by atoms with Gasteiger partial charge >= 0.3 is 0 Å². The molecule has 0 saturated heterocycles. The lowest BCUT2D eigenvalue weighted by Gasteiger charge is -2.15. The van der Waals surface area contributed by atoms with Crippen molar-refractivity contribution >= 4 is 0 Å². The highest BCUT2D eigenvalue weighted by Crippen LogP contribution is 2.24. The van der Waals surface area contributed by atoms with Gasteiger partial charge in [0.2, 0.25) is 0 Å². The van der Waals surface area contributed by atoms with Crippen LogP contribution in [0.3, 0.4) is 0 Å². The normalized spacial score (nSPS) is 15.2. The second-order valence-corrected chi connectivity index (χ2v) is 3.76. The number of hydrogen-bond acceptors (Lipinski definition) is 1. The highest BCUT2D eigenvalue weighted by atomic mass is 19.2. The lowest BCUT2D eigenvalue weighted by Crippen LogP contribution is -2.18. The van der Waals surface area contributed by atoms with Crippen LogP contribution < -0.4 is 5.73 Å². The van der Waals surface area contributed by atoms with Crippen LogP contribution in [0.4, 0.5) is 8.78 Å². The van der Waals surface area contributed by atoms with E-state index in [4.69, 9.17) is 5.73 Å². The van der Waals surface area contributed by atoms with E-state index in [1.165, 1.54) is 6.07 Å². The molecule has 2 atom stereocenters. The third-order valence-corrected chi connectivity index (χ3v) is 2.24. The topological polar surface area (TPSA) is 26.0 Å². The van der Waals surface area contributed by atoms with Crippen LogP contribution in [0.2, 0.25) is 0 Å². The highest BCUT2D eigenvalue weighted by molar-refractivity contribution is 5.22. The lowest BCUT2D eigenvalue weighted by molar-refractivity contribution is 0.480. The highest BCUT2D eigenvalue weighted by Gasteiger charge is 2.14. The number of hydrogen-bond donors (Lipinski definition) is 1. The summed E-state index contributed by atoms with van der Waals surface area (Å²) < 4.78 is 26.2. The third-order valence-electron chi connectivity index (χ3n) is 2.24. The van der Waals surface area contributed by atoms with Gasteiger partial charge in [0.15, 0.2) is 11.6 Å². The van der Waals surface area contributed by atoms with Crippen molar-refractivity contribution < 1.29 is 8.78 Å². The van der Waals surface area contributed by atoms with Crippen molar-refractivity contribution in [3.8, 4) is 0 Å². The summed E-state index contributed by atoms with van der Waals surface area (Å²) >= 11 is 0. The van der Waals surface area contributed by atoms with Gasteiger partial charge in [-0.05, 0) is 30.9 Å². The van der Waals surface area contributed by atoms with Crippen molar-refractivity contribution in [1.82, 2.24) is 0 Å². The Labute approximate surface area is 82.9 Å². The van der Waals surface area contributed by atoms with Gasteiger partial charge in [-0.3, -0.25) is 0 Å². The number of halogens is 2. The Hall–Kier alpha value is -0.960. The fraction of sp³-hybridized carbons (Fsp3) is 0.455. The zero-order valence-corrected chi connectivity index (χ0v) is 8.43. The van der Waals surface area contributed by atoms with Gasteiger partial charge in [-0.2, -0.15) is 0 Å². The van der Waals surface area contributed by atoms with E-state index in [9.17, 15) is 8.78 Å². The molecule has 0 spiro atoms. The zero-order chi connectivity index (χ0) is 10.7. The molecular weight excluding hydrogens is 184 g/mol. The van der Waals surface area contributed by atoms with E-state index in [0.717, 1.165) is 6.07 Å². The van der Waals surface area contributed by atoms with E-state index in [0.29, 0.717) is 12.0 Å². The minimum atomic E-state index is -0.793. The summed E-state index contributed by atoms with van der Waals surface area (Å²) in [7, 11) is 0. The lowest BCUT2D eigenvalue weighted by atomic mass is 9.94. The average molecular weight is 199 g/mol. The van der Waals surface area contributed by atoms with E-state index in [-0.39, 0.29) is 12.0 Å². The van der Waals surface area contributed by atoms with Gasteiger partial charge in [-0.1, -0.05) is 19.1 Å². The molecule has 0 aromatic heterocycles. The molecule has 0 aliphatic heterocycles. The Morgan fingerprint density at radius 2 is 1.93 bits per heavy atom. The second kappa shape index (κ2) is 4.51. The Balaban J connectivity index is 2.89. The molecule has 2 unspecified atom stereocenters. The minimum Gasteiger partial charge on any atom is -0.328 e. The Kier molecular flexibility index (Phi) is 3.58. The maximum Gasteiger partial charge on any atom is 0.162 e. The van der Waals surface area contributed by atoms with Crippen LogP contribution in [0.1, 0.15) is 31.7 Å². The van der Waals surface area contributed by atoms with Gasteiger partial charge in [-0.25, -0.2) is 8.78 Å². The smallest absolute Gasteiger partial charge is 0.162 e. The molecule has 3 heteroatoms. The molecule has 1 aromatic carbocycles. The van der Waals surface area contributed by atoms with Crippen LogP contribution in [0.25, 0.3) is 0 Å². The molecule has 0 bridgehead atoms. The van der Waals surface area contributed by atoms with Crippen LogP contribution in [-0.2, 0) is 0 Å². The zero-order valence-electron chi connectivity index (χ0n) is 8.43. The Morgan fingerprint density at radius 3 is 2.50 bits per heavy atom. The second-order valence-electron chi connectivity index (χ2n) is 3.76. The van der Waals surface area contributed by atoms with Gasteiger partial charge in [0.25, 0.3) is 0 Å². The molecule has 2 N–H and O–H groups in total. The van der Waals surface area contributed by atoms with Crippen LogP contribution in [0, 0.1) is 11.6 Å². The maximum atomic E-state index is 13.3. The first-order chi connectivity index (χ1) is 6.52. The number of benzene rings is 1. The van der Waals surface area contributed by atoms with Crippen molar-refractivity contribution in [2.45, 2.75) is 32.2 Å². The monoisotopic (exact) mass is 199 g/mol. The summed E-state index contributed by atoms with van der Waals surface area (Å²) in [5.41, 5.74) is 6.01. The van der Waals surface area contributed by atoms with Crippen LogP contribution in [-0.4, -0.2) is 6.04 Å². The molecule has 1 aromatic rings. The summed E-state index contributed by atoms with van der Waals surface area (Å²) in [6, 6.07) is 4.24.